The molecule has 6 heteroatoms. The van der Waals surface area contributed by atoms with Crippen LogP contribution in [0.5, 0.6) is 5.75 Å². The maximum absolute atomic E-state index is 11.2. The molecule has 3 rings (SSSR count). The number of primary amides is 2. The number of rotatable bonds is 2. The Morgan fingerprint density at radius 3 is 2.63 bits per heavy atom. The van der Waals surface area contributed by atoms with Gasteiger partial charge in [0.25, 0.3) is 5.91 Å². The molecule has 5 nitrogen and oxygen atoms in total. The Kier molecular flexibility index (Phi) is 2.53. The number of ether oxygens (including phenoxy) is 1. The second kappa shape index (κ2) is 4.10. The zero-order valence-electron chi connectivity index (χ0n) is 9.80. The fourth-order valence-corrected chi connectivity index (χ4v) is 3.07. The molecule has 0 radical (unpaired) electrons. The van der Waals surface area contributed by atoms with Crippen molar-refractivity contribution in [2.45, 2.75) is 6.61 Å². The molecule has 0 saturated carbocycles. The number of hydrogen-bond donors (Lipinski definition) is 2. The largest absolute Gasteiger partial charge is 0.488 e. The van der Waals surface area contributed by atoms with E-state index in [9.17, 15) is 9.59 Å². The second-order valence-corrected chi connectivity index (χ2v) is 5.25. The highest BCUT2D eigenvalue weighted by molar-refractivity contribution is 7.17. The highest BCUT2D eigenvalue weighted by Gasteiger charge is 2.22. The van der Waals surface area contributed by atoms with Crippen LogP contribution in [0.1, 0.15) is 25.6 Å². The summed E-state index contributed by atoms with van der Waals surface area (Å²) in [5.41, 5.74) is 12.6. The van der Waals surface area contributed by atoms with Crippen molar-refractivity contribution < 1.29 is 14.3 Å². The average Bonchev–Trinajstić information content (AvgIpc) is 2.82. The minimum atomic E-state index is -0.499. The SMILES string of the molecule is NC(=O)c1ccc2c(c1)-c1sc(C(N)=O)cc1CO2. The van der Waals surface area contributed by atoms with Gasteiger partial charge in [0.05, 0.1) is 4.88 Å². The van der Waals surface area contributed by atoms with Gasteiger partial charge in [0.15, 0.2) is 0 Å². The van der Waals surface area contributed by atoms with Crippen LogP contribution < -0.4 is 16.2 Å². The van der Waals surface area contributed by atoms with E-state index in [1.54, 1.807) is 24.3 Å². The molecule has 0 atom stereocenters. The van der Waals surface area contributed by atoms with Gasteiger partial charge in [-0.3, -0.25) is 9.59 Å². The lowest BCUT2D eigenvalue weighted by Crippen LogP contribution is -2.12. The Labute approximate surface area is 112 Å². The first-order valence-electron chi connectivity index (χ1n) is 5.56. The van der Waals surface area contributed by atoms with Crippen molar-refractivity contribution in [2.75, 3.05) is 0 Å². The van der Waals surface area contributed by atoms with E-state index in [1.807, 2.05) is 0 Å². The lowest BCUT2D eigenvalue weighted by atomic mass is 10.0. The first-order chi connectivity index (χ1) is 9.06. The molecular formula is C13H10N2O3S. The predicted molar refractivity (Wildman–Crippen MR) is 71.1 cm³/mol. The molecule has 1 aromatic carbocycles. The Hall–Kier alpha value is -2.34. The summed E-state index contributed by atoms with van der Waals surface area (Å²) >= 11 is 1.30. The zero-order chi connectivity index (χ0) is 13.6. The number of fused-ring (bicyclic) bond motifs is 3. The van der Waals surface area contributed by atoms with Gasteiger partial charge in [-0.05, 0) is 24.3 Å². The standard InChI is InChI=1S/C13H10N2O3S/c14-12(16)6-1-2-9-8(3-6)11-7(5-18-9)4-10(19-11)13(15)17/h1-4H,5H2,(H2,14,16)(H2,15,17). The Morgan fingerprint density at radius 1 is 1.16 bits per heavy atom. The lowest BCUT2D eigenvalue weighted by molar-refractivity contribution is 0.0993. The van der Waals surface area contributed by atoms with Crippen molar-refractivity contribution in [3.8, 4) is 16.2 Å². The smallest absolute Gasteiger partial charge is 0.258 e. The van der Waals surface area contributed by atoms with E-state index in [0.29, 0.717) is 22.8 Å². The first-order valence-corrected chi connectivity index (χ1v) is 6.37. The van der Waals surface area contributed by atoms with E-state index in [4.69, 9.17) is 16.2 Å². The van der Waals surface area contributed by atoms with Crippen molar-refractivity contribution in [3.63, 3.8) is 0 Å². The summed E-state index contributed by atoms with van der Waals surface area (Å²) in [6, 6.07) is 6.73. The Balaban J connectivity index is 2.18. The molecule has 0 fully saturated rings. The highest BCUT2D eigenvalue weighted by atomic mass is 32.1. The number of hydrogen-bond acceptors (Lipinski definition) is 4. The molecule has 1 aromatic heterocycles. The van der Waals surface area contributed by atoms with Gasteiger partial charge in [-0.15, -0.1) is 11.3 Å². The quantitative estimate of drug-likeness (QED) is 0.868. The van der Waals surface area contributed by atoms with Crippen molar-refractivity contribution in [3.05, 3.63) is 40.3 Å². The Morgan fingerprint density at radius 2 is 1.95 bits per heavy atom. The molecule has 0 saturated heterocycles. The van der Waals surface area contributed by atoms with Gasteiger partial charge >= 0.3 is 0 Å². The molecule has 0 aliphatic carbocycles. The summed E-state index contributed by atoms with van der Waals surface area (Å²) in [4.78, 5) is 23.8. The molecule has 4 N–H and O–H groups in total. The van der Waals surface area contributed by atoms with E-state index >= 15 is 0 Å². The molecule has 2 heterocycles. The van der Waals surface area contributed by atoms with Crippen molar-refractivity contribution in [1.82, 2.24) is 0 Å². The van der Waals surface area contributed by atoms with Crippen LogP contribution >= 0.6 is 11.3 Å². The topological polar surface area (TPSA) is 95.4 Å². The molecule has 1 aliphatic rings. The first kappa shape index (κ1) is 11.7. The number of thiophene rings is 1. The van der Waals surface area contributed by atoms with Gasteiger partial charge in [0.2, 0.25) is 5.91 Å². The van der Waals surface area contributed by atoms with Crippen LogP contribution in [0.15, 0.2) is 24.3 Å². The van der Waals surface area contributed by atoms with Crippen molar-refractivity contribution in [1.29, 1.82) is 0 Å². The Bertz CT molecular complexity index is 706. The van der Waals surface area contributed by atoms with Gasteiger partial charge < -0.3 is 16.2 Å². The highest BCUT2D eigenvalue weighted by Crippen LogP contribution is 2.42. The third-order valence-electron chi connectivity index (χ3n) is 2.94. The number of benzene rings is 1. The van der Waals surface area contributed by atoms with E-state index in [2.05, 4.69) is 0 Å². The number of carbonyl (C=O) groups excluding carboxylic acids is 2. The molecule has 19 heavy (non-hydrogen) atoms. The van der Waals surface area contributed by atoms with Crippen LogP contribution in [0.4, 0.5) is 0 Å². The van der Waals surface area contributed by atoms with Crippen LogP contribution in [0.3, 0.4) is 0 Å². The molecule has 0 unspecified atom stereocenters. The minimum Gasteiger partial charge on any atom is -0.488 e. The van der Waals surface area contributed by atoms with Crippen LogP contribution in [0, 0.1) is 0 Å². The monoisotopic (exact) mass is 274 g/mol. The summed E-state index contributed by atoms with van der Waals surface area (Å²) in [7, 11) is 0. The molecule has 0 bridgehead atoms. The maximum Gasteiger partial charge on any atom is 0.258 e. The molecule has 1 aliphatic heterocycles. The molecule has 96 valence electrons. The minimum absolute atomic E-state index is 0.391. The zero-order valence-corrected chi connectivity index (χ0v) is 10.6. The summed E-state index contributed by atoms with van der Waals surface area (Å²) in [5, 5.41) is 0. The van der Waals surface area contributed by atoms with E-state index in [0.717, 1.165) is 16.0 Å². The third kappa shape index (κ3) is 1.86. The van der Waals surface area contributed by atoms with Crippen LogP contribution in [0.25, 0.3) is 10.4 Å². The van der Waals surface area contributed by atoms with Gasteiger partial charge in [-0.1, -0.05) is 0 Å². The van der Waals surface area contributed by atoms with Crippen molar-refractivity contribution >= 4 is 23.2 Å². The molecule has 2 aromatic rings. The van der Waals surface area contributed by atoms with Gasteiger partial charge in [0.1, 0.15) is 12.4 Å². The van der Waals surface area contributed by atoms with Gasteiger partial charge in [-0.25, -0.2) is 0 Å². The van der Waals surface area contributed by atoms with Crippen molar-refractivity contribution in [2.24, 2.45) is 11.5 Å². The van der Waals surface area contributed by atoms with Crippen LogP contribution in [-0.4, -0.2) is 11.8 Å². The fourth-order valence-electron chi connectivity index (χ4n) is 2.03. The fraction of sp³-hybridized carbons (Fsp3) is 0.0769. The number of nitrogens with two attached hydrogens (primary N) is 2. The third-order valence-corrected chi connectivity index (χ3v) is 4.17. The summed E-state index contributed by atoms with van der Waals surface area (Å²) in [5.74, 6) is -0.288. The molecule has 2 amide bonds. The van der Waals surface area contributed by atoms with E-state index in [-0.39, 0.29) is 0 Å². The van der Waals surface area contributed by atoms with Crippen LogP contribution in [-0.2, 0) is 6.61 Å². The van der Waals surface area contributed by atoms with Gasteiger partial charge in [0, 0.05) is 21.6 Å². The second-order valence-electron chi connectivity index (χ2n) is 4.19. The summed E-state index contributed by atoms with van der Waals surface area (Å²) < 4.78 is 5.58. The van der Waals surface area contributed by atoms with E-state index < -0.39 is 11.8 Å². The predicted octanol–water partition coefficient (Wildman–Crippen LogP) is 1.51. The molecular weight excluding hydrogens is 264 g/mol. The van der Waals surface area contributed by atoms with E-state index in [1.165, 1.54) is 11.3 Å². The number of amides is 2. The average molecular weight is 274 g/mol. The maximum atomic E-state index is 11.2. The molecule has 0 spiro atoms. The normalized spacial score (nSPS) is 12.2. The van der Waals surface area contributed by atoms with Crippen LogP contribution in [0.2, 0.25) is 0 Å². The lowest BCUT2D eigenvalue weighted by Gasteiger charge is -2.17. The summed E-state index contributed by atoms with van der Waals surface area (Å²) in [6.07, 6.45) is 0. The summed E-state index contributed by atoms with van der Waals surface area (Å²) in [6.45, 7) is 0.391. The number of carbonyl (C=O) groups is 2. The van der Waals surface area contributed by atoms with Gasteiger partial charge in [-0.2, -0.15) is 0 Å².